The van der Waals surface area contributed by atoms with Crippen molar-refractivity contribution < 1.29 is 8.83 Å². The number of hydrogen-bond donors (Lipinski definition) is 0. The molecule has 6 heteroatoms. The van der Waals surface area contributed by atoms with Crippen LogP contribution in [0.25, 0.3) is 88.9 Å². The van der Waals surface area contributed by atoms with E-state index in [0.717, 1.165) is 65.8 Å². The van der Waals surface area contributed by atoms with Crippen molar-refractivity contribution >= 4 is 54.6 Å². The van der Waals surface area contributed by atoms with Gasteiger partial charge in [0.15, 0.2) is 17.5 Å². The molecule has 5 aromatic carbocycles. The molecule has 4 heterocycles. The maximum absolute atomic E-state index is 6.31. The molecule has 0 saturated heterocycles. The molecule has 0 N–H and O–H groups in total. The second-order valence-electron chi connectivity index (χ2n) is 10.3. The van der Waals surface area contributed by atoms with Crippen molar-refractivity contribution in [1.82, 2.24) is 19.9 Å². The van der Waals surface area contributed by atoms with Gasteiger partial charge in [-0.15, -0.1) is 0 Å². The quantitative estimate of drug-likeness (QED) is 0.222. The Hall–Kier alpha value is -5.88. The molecule has 9 rings (SSSR count). The minimum atomic E-state index is 0.477. The number of rotatable bonds is 3. The van der Waals surface area contributed by atoms with Crippen molar-refractivity contribution in [3.63, 3.8) is 0 Å². The van der Waals surface area contributed by atoms with Crippen LogP contribution in [0.4, 0.5) is 0 Å². The van der Waals surface area contributed by atoms with Crippen molar-refractivity contribution in [2.24, 2.45) is 0 Å². The van der Waals surface area contributed by atoms with E-state index < -0.39 is 0 Å². The lowest BCUT2D eigenvalue weighted by molar-refractivity contribution is 0.668. The van der Waals surface area contributed by atoms with Crippen molar-refractivity contribution in [2.45, 2.75) is 0 Å². The average Bonchev–Trinajstić information content (AvgIpc) is 3.61. The lowest BCUT2D eigenvalue weighted by Gasteiger charge is -2.08. The lowest BCUT2D eigenvalue weighted by Crippen LogP contribution is -2.01. The van der Waals surface area contributed by atoms with Gasteiger partial charge in [-0.25, -0.2) is 15.0 Å². The van der Waals surface area contributed by atoms with Crippen molar-refractivity contribution in [1.29, 1.82) is 0 Å². The predicted molar refractivity (Wildman–Crippen MR) is 166 cm³/mol. The topological polar surface area (TPSA) is 77.8 Å². The summed E-state index contributed by atoms with van der Waals surface area (Å²) in [5.41, 5.74) is 5.53. The minimum absolute atomic E-state index is 0.477. The first-order chi connectivity index (χ1) is 20.8. The summed E-state index contributed by atoms with van der Waals surface area (Å²) in [6.07, 6.45) is 1.74. The number of pyridine rings is 1. The fourth-order valence-electron chi connectivity index (χ4n) is 5.77. The van der Waals surface area contributed by atoms with Gasteiger partial charge in [0.1, 0.15) is 28.0 Å². The zero-order valence-corrected chi connectivity index (χ0v) is 22.2. The predicted octanol–water partition coefficient (Wildman–Crippen LogP) is 9.22. The smallest absolute Gasteiger partial charge is 0.183 e. The molecule has 0 bridgehead atoms. The summed E-state index contributed by atoms with van der Waals surface area (Å²) in [5.74, 6) is 1.58. The highest BCUT2D eigenvalue weighted by atomic mass is 16.3. The Morgan fingerprint density at radius 3 is 1.98 bits per heavy atom. The Morgan fingerprint density at radius 2 is 1.10 bits per heavy atom. The van der Waals surface area contributed by atoms with Crippen LogP contribution in [0.5, 0.6) is 0 Å². The SMILES string of the molecule is c1ccc(-c2nc(-c3ccc4c(c3)oc3ccccc34)nc(-c3nccc4oc5cc6ccccc6cc5c34)n2)cc1. The molecule has 42 heavy (non-hydrogen) atoms. The second-order valence-corrected chi connectivity index (χ2v) is 10.3. The minimum Gasteiger partial charge on any atom is -0.456 e. The van der Waals surface area contributed by atoms with Crippen molar-refractivity contribution in [3.8, 4) is 34.3 Å². The van der Waals surface area contributed by atoms with Crippen LogP contribution in [-0.4, -0.2) is 19.9 Å². The fourth-order valence-corrected chi connectivity index (χ4v) is 5.77. The van der Waals surface area contributed by atoms with E-state index >= 15 is 0 Å². The molecule has 0 saturated carbocycles. The van der Waals surface area contributed by atoms with Gasteiger partial charge in [-0.3, -0.25) is 4.98 Å². The molecular weight excluding hydrogens is 520 g/mol. The van der Waals surface area contributed by atoms with Gasteiger partial charge in [-0.1, -0.05) is 78.9 Å². The molecule has 0 atom stereocenters. The highest BCUT2D eigenvalue weighted by Crippen LogP contribution is 2.37. The summed E-state index contributed by atoms with van der Waals surface area (Å²) >= 11 is 0. The van der Waals surface area contributed by atoms with Crippen LogP contribution in [0.2, 0.25) is 0 Å². The molecule has 9 aromatic rings. The molecule has 6 nitrogen and oxygen atoms in total. The number of benzene rings is 5. The van der Waals surface area contributed by atoms with E-state index in [-0.39, 0.29) is 0 Å². The van der Waals surface area contributed by atoms with Gasteiger partial charge in [0.25, 0.3) is 0 Å². The monoisotopic (exact) mass is 540 g/mol. The Morgan fingerprint density at radius 1 is 0.429 bits per heavy atom. The molecule has 0 aliphatic rings. The van der Waals surface area contributed by atoms with Crippen LogP contribution < -0.4 is 0 Å². The standard InChI is InChI=1S/C36H20N4O2/c1-2-8-21(9-3-1)34-38-35(24-14-15-26-25-12-6-7-13-28(25)41-30(26)20-24)40-36(39-34)33-32-27-18-22-10-4-5-11-23(22)19-31(27)42-29(32)16-17-37-33/h1-20H. The molecule has 4 aromatic heterocycles. The van der Waals surface area contributed by atoms with E-state index in [1.807, 2.05) is 78.9 Å². The van der Waals surface area contributed by atoms with Crippen LogP contribution >= 0.6 is 0 Å². The number of para-hydroxylation sites is 1. The number of hydrogen-bond acceptors (Lipinski definition) is 6. The number of furan rings is 2. The largest absolute Gasteiger partial charge is 0.456 e. The van der Waals surface area contributed by atoms with Gasteiger partial charge < -0.3 is 8.83 Å². The summed E-state index contributed by atoms with van der Waals surface area (Å²) in [6.45, 7) is 0. The van der Waals surface area contributed by atoms with Crippen LogP contribution in [0.15, 0.2) is 130 Å². The van der Waals surface area contributed by atoms with Crippen LogP contribution in [0, 0.1) is 0 Å². The normalized spacial score (nSPS) is 11.8. The van der Waals surface area contributed by atoms with E-state index in [9.17, 15) is 0 Å². The van der Waals surface area contributed by atoms with Gasteiger partial charge >= 0.3 is 0 Å². The number of nitrogens with zero attached hydrogens (tertiary/aromatic N) is 4. The highest BCUT2D eigenvalue weighted by molar-refractivity contribution is 6.14. The van der Waals surface area contributed by atoms with E-state index in [1.165, 1.54) is 0 Å². The molecule has 0 fully saturated rings. The molecule has 0 unspecified atom stereocenters. The fraction of sp³-hybridized carbons (Fsp3) is 0. The van der Waals surface area contributed by atoms with Gasteiger partial charge in [-0.2, -0.15) is 0 Å². The molecule has 0 amide bonds. The van der Waals surface area contributed by atoms with E-state index in [4.69, 9.17) is 28.8 Å². The van der Waals surface area contributed by atoms with E-state index in [2.05, 4.69) is 36.4 Å². The molecular formula is C36H20N4O2. The zero-order valence-electron chi connectivity index (χ0n) is 22.2. The molecule has 0 spiro atoms. The van der Waals surface area contributed by atoms with Crippen LogP contribution in [0.1, 0.15) is 0 Å². The Labute approximate surface area is 238 Å². The van der Waals surface area contributed by atoms with Crippen LogP contribution in [0.3, 0.4) is 0 Å². The summed E-state index contributed by atoms with van der Waals surface area (Å²) in [4.78, 5) is 19.6. The third-order valence-electron chi connectivity index (χ3n) is 7.77. The summed E-state index contributed by atoms with van der Waals surface area (Å²) in [7, 11) is 0. The van der Waals surface area contributed by atoms with E-state index in [0.29, 0.717) is 23.2 Å². The first kappa shape index (κ1) is 22.9. The number of aromatic nitrogens is 4. The zero-order chi connectivity index (χ0) is 27.6. The average molecular weight is 541 g/mol. The maximum atomic E-state index is 6.31. The van der Waals surface area contributed by atoms with Crippen molar-refractivity contribution in [2.75, 3.05) is 0 Å². The Bertz CT molecular complexity index is 2480. The first-order valence-electron chi connectivity index (χ1n) is 13.7. The molecule has 0 aliphatic carbocycles. The summed E-state index contributed by atoms with van der Waals surface area (Å²) in [5, 5.41) is 6.23. The Balaban J connectivity index is 1.30. The van der Waals surface area contributed by atoms with Crippen molar-refractivity contribution in [3.05, 3.63) is 121 Å². The van der Waals surface area contributed by atoms with Crippen LogP contribution in [-0.2, 0) is 0 Å². The second kappa shape index (κ2) is 8.81. The molecule has 0 radical (unpaired) electrons. The highest BCUT2D eigenvalue weighted by Gasteiger charge is 2.20. The number of fused-ring (bicyclic) bond motifs is 7. The molecule has 196 valence electrons. The maximum Gasteiger partial charge on any atom is 0.183 e. The van der Waals surface area contributed by atoms with Gasteiger partial charge in [0.2, 0.25) is 0 Å². The lowest BCUT2D eigenvalue weighted by atomic mass is 10.1. The van der Waals surface area contributed by atoms with E-state index in [1.54, 1.807) is 6.20 Å². The third-order valence-corrected chi connectivity index (χ3v) is 7.77. The summed E-state index contributed by atoms with van der Waals surface area (Å²) in [6, 6.07) is 38.5. The summed E-state index contributed by atoms with van der Waals surface area (Å²) < 4.78 is 12.5. The first-order valence-corrected chi connectivity index (χ1v) is 13.7. The van der Waals surface area contributed by atoms with Gasteiger partial charge in [-0.05, 0) is 47.2 Å². The molecule has 0 aliphatic heterocycles. The van der Waals surface area contributed by atoms with Gasteiger partial charge in [0.05, 0.1) is 5.39 Å². The Kier molecular flexibility index (Phi) is 4.80. The third kappa shape index (κ3) is 3.52. The van der Waals surface area contributed by atoms with Gasteiger partial charge in [0, 0.05) is 33.5 Å².